The van der Waals surface area contributed by atoms with Crippen LogP contribution in [-0.4, -0.2) is 16.9 Å². The third-order valence-corrected chi connectivity index (χ3v) is 5.73. The Labute approximate surface area is 193 Å². The third-order valence-electron chi connectivity index (χ3n) is 4.68. The Bertz CT molecular complexity index is 1190. The Morgan fingerprint density at radius 2 is 1.61 bits per heavy atom. The zero-order chi connectivity index (χ0) is 21.8. The van der Waals surface area contributed by atoms with Gasteiger partial charge in [-0.25, -0.2) is 0 Å². The molecule has 1 N–H and O–H groups in total. The summed E-state index contributed by atoms with van der Waals surface area (Å²) >= 11 is 8.74. The van der Waals surface area contributed by atoms with Crippen LogP contribution in [0.5, 0.6) is 5.75 Å². The minimum absolute atomic E-state index is 0.0191. The van der Waals surface area contributed by atoms with Gasteiger partial charge in [-0.2, -0.15) is 0 Å². The van der Waals surface area contributed by atoms with E-state index in [-0.39, 0.29) is 10.7 Å². The molecule has 3 aromatic carbocycles. The van der Waals surface area contributed by atoms with Gasteiger partial charge in [0.2, 0.25) is 0 Å². The Hall–Kier alpha value is -3.29. The van der Waals surface area contributed by atoms with Gasteiger partial charge in [-0.15, -0.1) is 0 Å². The summed E-state index contributed by atoms with van der Waals surface area (Å²) in [6, 6.07) is 24.0. The van der Waals surface area contributed by atoms with Crippen LogP contribution in [0, 0.1) is 0 Å². The highest BCUT2D eigenvalue weighted by molar-refractivity contribution is 9.10. The zero-order valence-electron chi connectivity index (χ0n) is 16.2. The van der Waals surface area contributed by atoms with E-state index in [1.807, 2.05) is 42.5 Å². The summed E-state index contributed by atoms with van der Waals surface area (Å²) in [5.41, 5.74) is 2.17. The van der Waals surface area contributed by atoms with Crippen molar-refractivity contribution in [1.29, 1.82) is 0 Å². The van der Waals surface area contributed by atoms with Crippen LogP contribution in [0.1, 0.15) is 11.1 Å². The topological polar surface area (TPSA) is 58.6 Å². The standard InChI is InChI=1S/C24H17BrN2O3S/c25-20-12-6-4-9-17(20)15-30-21-13-7-5-8-16(21)14-19-22(28)26-24(31)27(23(19)29)18-10-2-1-3-11-18/h1-14H,15H2,(H,26,28,31)/b19-14-. The van der Waals surface area contributed by atoms with Gasteiger partial charge in [0, 0.05) is 15.6 Å². The van der Waals surface area contributed by atoms with E-state index < -0.39 is 11.8 Å². The average Bonchev–Trinajstić information content (AvgIpc) is 2.77. The molecule has 0 unspecified atom stereocenters. The molecule has 1 saturated heterocycles. The smallest absolute Gasteiger partial charge is 0.270 e. The molecule has 2 amide bonds. The number of para-hydroxylation sites is 2. The number of halogens is 1. The summed E-state index contributed by atoms with van der Waals surface area (Å²) in [6.07, 6.45) is 1.53. The molecule has 1 heterocycles. The summed E-state index contributed by atoms with van der Waals surface area (Å²) in [4.78, 5) is 27.0. The Morgan fingerprint density at radius 1 is 0.935 bits per heavy atom. The Morgan fingerprint density at radius 3 is 2.39 bits per heavy atom. The lowest BCUT2D eigenvalue weighted by Crippen LogP contribution is -2.54. The van der Waals surface area contributed by atoms with Gasteiger partial charge in [0.1, 0.15) is 17.9 Å². The molecule has 0 aromatic heterocycles. The van der Waals surface area contributed by atoms with Crippen LogP contribution in [0.15, 0.2) is 88.9 Å². The first-order valence-electron chi connectivity index (χ1n) is 9.46. The second kappa shape index (κ2) is 9.24. The van der Waals surface area contributed by atoms with Crippen LogP contribution in [0.2, 0.25) is 0 Å². The van der Waals surface area contributed by atoms with Crippen LogP contribution in [0.3, 0.4) is 0 Å². The first kappa shape index (κ1) is 21.0. The van der Waals surface area contributed by atoms with Gasteiger partial charge in [0.25, 0.3) is 11.8 Å². The second-order valence-corrected chi connectivity index (χ2v) is 7.95. The number of carbonyl (C=O) groups is 2. The number of nitrogens with zero attached hydrogens (tertiary/aromatic N) is 1. The quantitative estimate of drug-likeness (QED) is 0.314. The number of rotatable bonds is 5. The monoisotopic (exact) mass is 492 g/mol. The molecule has 0 bridgehead atoms. The number of ether oxygens (including phenoxy) is 1. The average molecular weight is 493 g/mol. The number of thiocarbonyl (C=S) groups is 1. The van der Waals surface area contributed by atoms with E-state index in [1.165, 1.54) is 11.0 Å². The largest absolute Gasteiger partial charge is 0.488 e. The molecule has 0 atom stereocenters. The minimum atomic E-state index is -0.539. The number of anilines is 1. The molecule has 7 heteroatoms. The molecule has 31 heavy (non-hydrogen) atoms. The number of hydrogen-bond donors (Lipinski definition) is 1. The first-order valence-corrected chi connectivity index (χ1v) is 10.7. The summed E-state index contributed by atoms with van der Waals surface area (Å²) in [5.74, 6) is -0.464. The molecule has 5 nitrogen and oxygen atoms in total. The van der Waals surface area contributed by atoms with Gasteiger partial charge < -0.3 is 4.74 Å². The van der Waals surface area contributed by atoms with Crippen molar-refractivity contribution >= 4 is 56.8 Å². The SMILES string of the molecule is O=C1NC(=S)N(c2ccccc2)C(=O)/C1=C\c1ccccc1OCc1ccccc1Br. The predicted octanol–water partition coefficient (Wildman–Crippen LogP) is 4.86. The second-order valence-electron chi connectivity index (χ2n) is 6.71. The van der Waals surface area contributed by atoms with E-state index >= 15 is 0 Å². The van der Waals surface area contributed by atoms with Gasteiger partial charge in [-0.1, -0.05) is 70.5 Å². The van der Waals surface area contributed by atoms with Crippen molar-refractivity contribution in [2.45, 2.75) is 6.61 Å². The number of hydrogen-bond acceptors (Lipinski definition) is 4. The van der Waals surface area contributed by atoms with Crippen molar-refractivity contribution in [3.05, 3.63) is 100 Å². The molecule has 1 aliphatic heterocycles. The van der Waals surface area contributed by atoms with E-state index in [0.717, 1.165) is 10.0 Å². The highest BCUT2D eigenvalue weighted by Gasteiger charge is 2.34. The number of amides is 2. The molecule has 0 saturated carbocycles. The third kappa shape index (κ3) is 4.57. The first-order chi connectivity index (χ1) is 15.0. The zero-order valence-corrected chi connectivity index (χ0v) is 18.7. The van der Waals surface area contributed by atoms with Gasteiger partial charge in [0.05, 0.1) is 5.69 Å². The van der Waals surface area contributed by atoms with Crippen molar-refractivity contribution in [2.24, 2.45) is 0 Å². The lowest BCUT2D eigenvalue weighted by Gasteiger charge is -2.28. The molecule has 3 aromatic rings. The van der Waals surface area contributed by atoms with Gasteiger partial charge >= 0.3 is 0 Å². The van der Waals surface area contributed by atoms with Crippen molar-refractivity contribution in [3.63, 3.8) is 0 Å². The number of carbonyl (C=O) groups excluding carboxylic acids is 2. The fraction of sp³-hybridized carbons (Fsp3) is 0.0417. The normalized spacial score (nSPS) is 15.2. The molecule has 0 spiro atoms. The van der Waals surface area contributed by atoms with E-state index in [2.05, 4.69) is 21.2 Å². The molecule has 0 aliphatic carbocycles. The van der Waals surface area contributed by atoms with Gasteiger partial charge in [0.15, 0.2) is 5.11 Å². The van der Waals surface area contributed by atoms with Crippen molar-refractivity contribution < 1.29 is 14.3 Å². The van der Waals surface area contributed by atoms with Gasteiger partial charge in [-0.3, -0.25) is 19.8 Å². The van der Waals surface area contributed by atoms with Crippen molar-refractivity contribution in [2.75, 3.05) is 4.90 Å². The maximum absolute atomic E-state index is 13.1. The van der Waals surface area contributed by atoms with Crippen molar-refractivity contribution in [3.8, 4) is 5.75 Å². The van der Waals surface area contributed by atoms with Crippen LogP contribution in [0.4, 0.5) is 5.69 Å². The number of benzene rings is 3. The molecular formula is C24H17BrN2O3S. The minimum Gasteiger partial charge on any atom is -0.488 e. The molecule has 4 rings (SSSR count). The maximum atomic E-state index is 13.1. The van der Waals surface area contributed by atoms with Gasteiger partial charge in [-0.05, 0) is 42.6 Å². The molecular weight excluding hydrogens is 476 g/mol. The van der Waals surface area contributed by atoms with E-state index in [1.54, 1.807) is 36.4 Å². The lowest BCUT2D eigenvalue weighted by atomic mass is 10.1. The van der Waals surface area contributed by atoms with E-state index in [4.69, 9.17) is 17.0 Å². The summed E-state index contributed by atoms with van der Waals surface area (Å²) < 4.78 is 6.94. The summed E-state index contributed by atoms with van der Waals surface area (Å²) in [5, 5.41) is 2.65. The van der Waals surface area contributed by atoms with Crippen LogP contribution < -0.4 is 15.0 Å². The maximum Gasteiger partial charge on any atom is 0.270 e. The molecule has 154 valence electrons. The van der Waals surface area contributed by atoms with E-state index in [9.17, 15) is 9.59 Å². The van der Waals surface area contributed by atoms with E-state index in [0.29, 0.717) is 23.6 Å². The molecule has 0 radical (unpaired) electrons. The molecule has 1 aliphatic rings. The fourth-order valence-corrected chi connectivity index (χ4v) is 3.81. The predicted molar refractivity (Wildman–Crippen MR) is 128 cm³/mol. The highest BCUT2D eigenvalue weighted by atomic mass is 79.9. The van der Waals surface area contributed by atoms with Crippen molar-refractivity contribution in [1.82, 2.24) is 5.32 Å². The molecule has 1 fully saturated rings. The number of nitrogens with one attached hydrogen (secondary N) is 1. The van der Waals surface area contributed by atoms with Crippen LogP contribution in [0.25, 0.3) is 6.08 Å². The fourth-order valence-electron chi connectivity index (χ4n) is 3.13. The van der Waals surface area contributed by atoms with Crippen LogP contribution >= 0.6 is 28.1 Å². The summed E-state index contributed by atoms with van der Waals surface area (Å²) in [6.45, 7) is 0.335. The lowest BCUT2D eigenvalue weighted by molar-refractivity contribution is -0.122. The van der Waals surface area contributed by atoms with Crippen LogP contribution in [-0.2, 0) is 16.2 Å². The Kier molecular flexibility index (Phi) is 6.25. The summed E-state index contributed by atoms with van der Waals surface area (Å²) in [7, 11) is 0. The Balaban J connectivity index is 1.64. The highest BCUT2D eigenvalue weighted by Crippen LogP contribution is 2.27.